The molecule has 0 aliphatic heterocycles. The van der Waals surface area contributed by atoms with Gasteiger partial charge in [0.25, 0.3) is 15.9 Å². The predicted octanol–water partition coefficient (Wildman–Crippen LogP) is 5.42. The number of hydrogen-bond acceptors (Lipinski definition) is 3. The number of nitrogens with zero attached hydrogens (tertiary/aromatic N) is 1. The molecule has 1 N–H and O–H groups in total. The van der Waals surface area contributed by atoms with Gasteiger partial charge in [-0.05, 0) is 49.2 Å². The Morgan fingerprint density at radius 2 is 1.70 bits per heavy atom. The van der Waals surface area contributed by atoms with Crippen LogP contribution in [0.15, 0.2) is 47.4 Å². The number of carbonyl (C=O) groups excluding carboxylic acids is 1. The van der Waals surface area contributed by atoms with Crippen LogP contribution in [0.5, 0.6) is 0 Å². The molecule has 30 heavy (non-hydrogen) atoms. The molecule has 0 fully saturated rings. The minimum absolute atomic E-state index is 0.0190. The molecule has 0 radical (unpaired) electrons. The van der Waals surface area contributed by atoms with Crippen LogP contribution in [0.3, 0.4) is 0 Å². The van der Waals surface area contributed by atoms with Gasteiger partial charge in [-0.3, -0.25) is 9.52 Å². The zero-order valence-electron chi connectivity index (χ0n) is 16.5. The number of halogens is 4. The molecule has 2 aromatic carbocycles. The number of amides is 1. The second kappa shape index (κ2) is 9.70. The third-order valence-corrected chi connectivity index (χ3v) is 5.90. The lowest BCUT2D eigenvalue weighted by Crippen LogP contribution is -2.32. The van der Waals surface area contributed by atoms with Crippen molar-refractivity contribution in [2.24, 2.45) is 0 Å². The van der Waals surface area contributed by atoms with Crippen molar-refractivity contribution >= 4 is 33.2 Å². The summed E-state index contributed by atoms with van der Waals surface area (Å²) in [4.78, 5) is 14.1. The maximum Gasteiger partial charge on any atom is 0.416 e. The monoisotopic (exact) mass is 462 g/mol. The summed E-state index contributed by atoms with van der Waals surface area (Å²) >= 11 is 6.13. The third kappa shape index (κ3) is 5.89. The Bertz CT molecular complexity index is 1000. The fraction of sp³-hybridized carbons (Fsp3) is 0.350. The summed E-state index contributed by atoms with van der Waals surface area (Å²) in [6.45, 7) is 4.81. The molecule has 2 aromatic rings. The first-order valence-corrected chi connectivity index (χ1v) is 11.1. The lowest BCUT2D eigenvalue weighted by molar-refractivity contribution is -0.137. The van der Waals surface area contributed by atoms with Crippen LogP contribution in [-0.4, -0.2) is 32.3 Å². The molecule has 0 saturated carbocycles. The highest BCUT2D eigenvalue weighted by atomic mass is 35.5. The van der Waals surface area contributed by atoms with E-state index in [0.717, 1.165) is 31.0 Å². The summed E-state index contributed by atoms with van der Waals surface area (Å²) in [5, 5.41) is 0.0928. The molecule has 0 aliphatic rings. The first-order valence-electron chi connectivity index (χ1n) is 9.28. The second-order valence-electron chi connectivity index (χ2n) is 6.62. The lowest BCUT2D eigenvalue weighted by Gasteiger charge is -2.22. The Morgan fingerprint density at radius 3 is 2.27 bits per heavy atom. The van der Waals surface area contributed by atoms with Crippen LogP contribution in [0, 0.1) is 0 Å². The van der Waals surface area contributed by atoms with E-state index in [2.05, 4.69) is 4.72 Å². The fourth-order valence-corrected chi connectivity index (χ4v) is 4.11. The number of benzene rings is 2. The van der Waals surface area contributed by atoms with Crippen molar-refractivity contribution in [2.75, 3.05) is 17.8 Å². The SMILES string of the molecule is CCCN(CCC)C(=O)c1cc(S(=O)(=O)Nc2cccc(C(F)(F)F)c2)ccc1Cl. The van der Waals surface area contributed by atoms with Gasteiger partial charge in [-0.25, -0.2) is 8.42 Å². The van der Waals surface area contributed by atoms with E-state index >= 15 is 0 Å². The predicted molar refractivity (Wildman–Crippen MR) is 110 cm³/mol. The zero-order chi connectivity index (χ0) is 22.5. The number of anilines is 1. The van der Waals surface area contributed by atoms with E-state index in [1.165, 1.54) is 18.2 Å². The van der Waals surface area contributed by atoms with E-state index in [1.807, 2.05) is 13.8 Å². The molecule has 10 heteroatoms. The minimum Gasteiger partial charge on any atom is -0.339 e. The van der Waals surface area contributed by atoms with Gasteiger partial charge in [-0.15, -0.1) is 0 Å². The standard InChI is InChI=1S/C20H22ClF3N2O3S/c1-3-10-26(11-4-2)19(27)17-13-16(8-9-18(17)21)30(28,29)25-15-7-5-6-14(12-15)20(22,23)24/h5-9,12-13,25H,3-4,10-11H2,1-2H3. The Labute approximate surface area is 178 Å². The Kier molecular flexibility index (Phi) is 7.76. The molecule has 164 valence electrons. The largest absolute Gasteiger partial charge is 0.416 e. The van der Waals surface area contributed by atoms with Gasteiger partial charge in [0.2, 0.25) is 0 Å². The van der Waals surface area contributed by atoms with E-state index in [9.17, 15) is 26.4 Å². The summed E-state index contributed by atoms with van der Waals surface area (Å²) in [6.07, 6.45) is -3.17. The first kappa shape index (κ1) is 24.0. The molecule has 2 rings (SSSR count). The van der Waals surface area contributed by atoms with Gasteiger partial charge in [-0.2, -0.15) is 13.2 Å². The molecule has 0 spiro atoms. The van der Waals surface area contributed by atoms with Gasteiger partial charge in [0.1, 0.15) is 0 Å². The van der Waals surface area contributed by atoms with Crippen LogP contribution in [0.2, 0.25) is 5.02 Å². The smallest absolute Gasteiger partial charge is 0.339 e. The molecular weight excluding hydrogens is 441 g/mol. The quantitative estimate of drug-likeness (QED) is 0.569. The molecule has 1 amide bonds. The molecule has 0 saturated heterocycles. The summed E-state index contributed by atoms with van der Waals surface area (Å²) in [7, 11) is -4.25. The van der Waals surface area contributed by atoms with Crippen LogP contribution < -0.4 is 4.72 Å². The highest BCUT2D eigenvalue weighted by molar-refractivity contribution is 7.92. The zero-order valence-corrected chi connectivity index (χ0v) is 18.0. The number of alkyl halides is 3. The van der Waals surface area contributed by atoms with Gasteiger partial charge in [0.15, 0.2) is 0 Å². The summed E-state index contributed by atoms with van der Waals surface area (Å²) in [6, 6.07) is 7.46. The Balaban J connectivity index is 2.37. The summed E-state index contributed by atoms with van der Waals surface area (Å²) < 4.78 is 66.2. The van der Waals surface area contributed by atoms with Gasteiger partial charge in [-0.1, -0.05) is 31.5 Å². The van der Waals surface area contributed by atoms with Crippen LogP contribution in [0.4, 0.5) is 18.9 Å². The Hall–Kier alpha value is -2.26. The van der Waals surface area contributed by atoms with Gasteiger partial charge < -0.3 is 4.90 Å². The molecule has 0 unspecified atom stereocenters. The maximum atomic E-state index is 12.9. The van der Waals surface area contributed by atoms with Crippen molar-refractivity contribution in [3.8, 4) is 0 Å². The highest BCUT2D eigenvalue weighted by Crippen LogP contribution is 2.31. The summed E-state index contributed by atoms with van der Waals surface area (Å²) in [5.41, 5.74) is -1.21. The van der Waals surface area contributed by atoms with Gasteiger partial charge in [0, 0.05) is 18.8 Å². The van der Waals surface area contributed by atoms with Crippen molar-refractivity contribution in [3.63, 3.8) is 0 Å². The normalized spacial score (nSPS) is 11.9. The number of nitrogens with one attached hydrogen (secondary N) is 1. The third-order valence-electron chi connectivity index (χ3n) is 4.19. The van der Waals surface area contributed by atoms with Crippen LogP contribution in [0.25, 0.3) is 0 Å². The fourth-order valence-electron chi connectivity index (χ4n) is 2.83. The Morgan fingerprint density at radius 1 is 1.07 bits per heavy atom. The van der Waals surface area contributed by atoms with Crippen molar-refractivity contribution in [3.05, 3.63) is 58.6 Å². The molecule has 0 atom stereocenters. The minimum atomic E-state index is -4.61. The number of sulfonamides is 1. The van der Waals surface area contributed by atoms with Crippen LogP contribution in [0.1, 0.15) is 42.6 Å². The van der Waals surface area contributed by atoms with Gasteiger partial charge >= 0.3 is 6.18 Å². The average Bonchev–Trinajstić information content (AvgIpc) is 2.66. The molecule has 0 aliphatic carbocycles. The van der Waals surface area contributed by atoms with Crippen LogP contribution in [-0.2, 0) is 16.2 Å². The highest BCUT2D eigenvalue weighted by Gasteiger charge is 2.31. The topological polar surface area (TPSA) is 66.5 Å². The number of carbonyl (C=O) groups is 1. The number of rotatable bonds is 8. The van der Waals surface area contributed by atoms with Crippen molar-refractivity contribution in [1.82, 2.24) is 4.90 Å². The van der Waals surface area contributed by atoms with E-state index < -0.39 is 27.7 Å². The number of hydrogen-bond donors (Lipinski definition) is 1. The second-order valence-corrected chi connectivity index (χ2v) is 8.71. The lowest BCUT2D eigenvalue weighted by atomic mass is 10.2. The van der Waals surface area contributed by atoms with Crippen LogP contribution >= 0.6 is 11.6 Å². The molecular formula is C20H22ClF3N2O3S. The van der Waals surface area contributed by atoms with Crippen molar-refractivity contribution < 1.29 is 26.4 Å². The van der Waals surface area contributed by atoms with Crippen molar-refractivity contribution in [2.45, 2.75) is 37.8 Å². The molecule has 0 aromatic heterocycles. The van der Waals surface area contributed by atoms with Crippen molar-refractivity contribution in [1.29, 1.82) is 0 Å². The molecule has 0 bridgehead atoms. The van der Waals surface area contributed by atoms with E-state index in [0.29, 0.717) is 19.2 Å². The summed E-state index contributed by atoms with van der Waals surface area (Å²) in [5.74, 6) is -0.403. The molecule has 0 heterocycles. The first-order chi connectivity index (χ1) is 14.0. The van der Waals surface area contributed by atoms with E-state index in [-0.39, 0.29) is 21.2 Å². The molecule has 5 nitrogen and oxygen atoms in total. The van der Waals surface area contributed by atoms with E-state index in [4.69, 9.17) is 11.6 Å². The maximum absolute atomic E-state index is 12.9. The van der Waals surface area contributed by atoms with E-state index in [1.54, 1.807) is 4.90 Å². The van der Waals surface area contributed by atoms with Gasteiger partial charge in [0.05, 0.1) is 21.0 Å². The average molecular weight is 463 g/mol.